The Balaban J connectivity index is 1.86. The molecule has 0 aromatic carbocycles. The first-order chi connectivity index (χ1) is 13.5. The van der Waals surface area contributed by atoms with E-state index in [1.54, 1.807) is 37.7 Å². The number of likely N-dealkylation sites (N-methyl/N-ethyl adjacent to an activating group) is 1. The van der Waals surface area contributed by atoms with Gasteiger partial charge in [0.15, 0.2) is 0 Å². The number of amides is 1. The minimum atomic E-state index is -0.267. The summed E-state index contributed by atoms with van der Waals surface area (Å²) in [7, 11) is 1.61. The van der Waals surface area contributed by atoms with Crippen LogP contribution in [-0.2, 0) is 11.3 Å². The van der Waals surface area contributed by atoms with Crippen LogP contribution in [0, 0.1) is 6.92 Å². The number of fused-ring (bicyclic) bond motifs is 1. The number of rotatable bonds is 4. The maximum absolute atomic E-state index is 13.2. The van der Waals surface area contributed by atoms with Crippen molar-refractivity contribution in [2.75, 3.05) is 12.4 Å². The highest BCUT2D eigenvalue weighted by Gasteiger charge is 2.29. The summed E-state index contributed by atoms with van der Waals surface area (Å²) in [5, 5.41) is 3.16. The highest BCUT2D eigenvalue weighted by Crippen LogP contribution is 2.32. The molecule has 1 saturated heterocycles. The van der Waals surface area contributed by atoms with Gasteiger partial charge in [0.05, 0.1) is 23.3 Å². The molecule has 7 nitrogen and oxygen atoms in total. The molecule has 4 rings (SSSR count). The summed E-state index contributed by atoms with van der Waals surface area (Å²) in [5.74, 6) is 0.857. The Hall–Kier alpha value is -2.91. The van der Waals surface area contributed by atoms with Crippen LogP contribution in [0.15, 0.2) is 50.8 Å². The number of thioether (sulfide) groups is 1. The molecule has 3 aromatic heterocycles. The van der Waals surface area contributed by atoms with Crippen molar-refractivity contribution in [3.63, 3.8) is 0 Å². The normalized spacial score (nSPS) is 15.8. The van der Waals surface area contributed by atoms with Gasteiger partial charge in [0.2, 0.25) is 0 Å². The van der Waals surface area contributed by atoms with Crippen LogP contribution in [0.3, 0.4) is 0 Å². The standard InChI is InChI=1S/C19H16N4O3S2/c1-11-5-3-7-23-16(11)21-15(20-10-12-6-4-8-26-12)13(17(23)24)9-14-18(25)22(2)19(27)28-14/h3-9,20H,10H2,1-2H3/b14-9+. The third kappa shape index (κ3) is 3.23. The van der Waals surface area contributed by atoms with Gasteiger partial charge in [0.25, 0.3) is 11.5 Å². The Kier molecular flexibility index (Phi) is 4.78. The van der Waals surface area contributed by atoms with E-state index in [-0.39, 0.29) is 11.5 Å². The molecule has 1 amide bonds. The van der Waals surface area contributed by atoms with Gasteiger partial charge in [0, 0.05) is 13.2 Å². The molecule has 0 spiro atoms. The zero-order valence-corrected chi connectivity index (χ0v) is 16.8. The van der Waals surface area contributed by atoms with E-state index in [0.717, 1.165) is 5.56 Å². The molecule has 4 heterocycles. The minimum absolute atomic E-state index is 0.235. The van der Waals surface area contributed by atoms with Gasteiger partial charge < -0.3 is 9.73 Å². The topological polar surface area (TPSA) is 79.9 Å². The Bertz CT molecular complexity index is 1180. The van der Waals surface area contributed by atoms with E-state index < -0.39 is 0 Å². The van der Waals surface area contributed by atoms with Crippen LogP contribution in [-0.4, -0.2) is 31.6 Å². The molecule has 28 heavy (non-hydrogen) atoms. The fourth-order valence-corrected chi connectivity index (χ4v) is 4.00. The van der Waals surface area contributed by atoms with Crippen molar-refractivity contribution in [1.29, 1.82) is 0 Å². The number of anilines is 1. The molecule has 0 atom stereocenters. The van der Waals surface area contributed by atoms with E-state index in [9.17, 15) is 9.59 Å². The molecule has 1 aliphatic rings. The minimum Gasteiger partial charge on any atom is -0.467 e. The summed E-state index contributed by atoms with van der Waals surface area (Å²) < 4.78 is 7.27. The number of thiocarbonyl (C=S) groups is 1. The summed E-state index contributed by atoms with van der Waals surface area (Å²) in [6.45, 7) is 2.25. The van der Waals surface area contributed by atoms with Crippen LogP contribution in [0.5, 0.6) is 0 Å². The molecular formula is C19H16N4O3S2. The highest BCUT2D eigenvalue weighted by atomic mass is 32.2. The number of aryl methyl sites for hydroxylation is 1. The lowest BCUT2D eigenvalue weighted by molar-refractivity contribution is -0.121. The molecule has 1 aliphatic heterocycles. The van der Waals surface area contributed by atoms with Crippen LogP contribution in [0.2, 0.25) is 0 Å². The summed E-state index contributed by atoms with van der Waals surface area (Å²) >= 11 is 6.34. The number of pyridine rings is 1. The Morgan fingerprint density at radius 2 is 2.14 bits per heavy atom. The number of aromatic nitrogens is 2. The molecule has 3 aromatic rings. The molecule has 0 saturated carbocycles. The zero-order chi connectivity index (χ0) is 19.8. The van der Waals surface area contributed by atoms with Crippen molar-refractivity contribution in [1.82, 2.24) is 14.3 Å². The van der Waals surface area contributed by atoms with E-state index in [4.69, 9.17) is 16.6 Å². The fraction of sp³-hybridized carbons (Fsp3) is 0.158. The van der Waals surface area contributed by atoms with Crippen molar-refractivity contribution in [3.8, 4) is 0 Å². The zero-order valence-electron chi connectivity index (χ0n) is 15.1. The van der Waals surface area contributed by atoms with Gasteiger partial charge in [0.1, 0.15) is 21.5 Å². The van der Waals surface area contributed by atoms with Gasteiger partial charge in [-0.15, -0.1) is 0 Å². The number of furan rings is 1. The lowest BCUT2D eigenvalue weighted by Gasteiger charge is -2.11. The second kappa shape index (κ2) is 7.25. The Labute approximate surface area is 170 Å². The lowest BCUT2D eigenvalue weighted by Crippen LogP contribution is -2.23. The van der Waals surface area contributed by atoms with Crippen molar-refractivity contribution in [3.05, 3.63) is 68.9 Å². The number of hydrogen-bond donors (Lipinski definition) is 1. The Morgan fingerprint density at radius 3 is 2.82 bits per heavy atom. The van der Waals surface area contributed by atoms with Gasteiger partial charge in [-0.05, 0) is 36.8 Å². The Morgan fingerprint density at radius 1 is 1.32 bits per heavy atom. The molecule has 0 aliphatic carbocycles. The van der Waals surface area contributed by atoms with Gasteiger partial charge in [-0.2, -0.15) is 0 Å². The monoisotopic (exact) mass is 412 g/mol. The largest absolute Gasteiger partial charge is 0.467 e. The number of carbonyl (C=O) groups excluding carboxylic acids is 1. The molecular weight excluding hydrogens is 396 g/mol. The van der Waals surface area contributed by atoms with Crippen molar-refractivity contribution >= 4 is 51.7 Å². The molecule has 1 fully saturated rings. The van der Waals surface area contributed by atoms with E-state index >= 15 is 0 Å². The maximum Gasteiger partial charge on any atom is 0.267 e. The fourth-order valence-electron chi connectivity index (χ4n) is 2.84. The van der Waals surface area contributed by atoms with Gasteiger partial charge in [-0.1, -0.05) is 30.0 Å². The summed E-state index contributed by atoms with van der Waals surface area (Å²) in [4.78, 5) is 32.0. The van der Waals surface area contributed by atoms with Crippen molar-refractivity contribution < 1.29 is 9.21 Å². The van der Waals surface area contributed by atoms with Gasteiger partial charge >= 0.3 is 0 Å². The smallest absolute Gasteiger partial charge is 0.267 e. The number of carbonyl (C=O) groups is 1. The molecule has 0 radical (unpaired) electrons. The third-order valence-corrected chi connectivity index (χ3v) is 5.84. The van der Waals surface area contributed by atoms with E-state index in [1.807, 2.05) is 19.1 Å². The summed E-state index contributed by atoms with van der Waals surface area (Å²) in [6, 6.07) is 7.29. The second-order valence-electron chi connectivity index (χ2n) is 6.24. The first-order valence-corrected chi connectivity index (χ1v) is 9.68. The first kappa shape index (κ1) is 18.5. The summed E-state index contributed by atoms with van der Waals surface area (Å²) in [5.41, 5.74) is 1.45. The second-order valence-corrected chi connectivity index (χ2v) is 7.91. The summed E-state index contributed by atoms with van der Waals surface area (Å²) in [6.07, 6.45) is 4.80. The van der Waals surface area contributed by atoms with Gasteiger partial charge in [-0.3, -0.25) is 18.9 Å². The van der Waals surface area contributed by atoms with Crippen LogP contribution < -0.4 is 10.9 Å². The molecule has 9 heteroatoms. The number of nitrogens with one attached hydrogen (secondary N) is 1. The van der Waals surface area contributed by atoms with Crippen LogP contribution in [0.4, 0.5) is 5.82 Å². The maximum atomic E-state index is 13.2. The SMILES string of the molecule is Cc1cccn2c(=O)c(/C=C3/SC(=S)N(C)C3=O)c(NCc3ccco3)nc12. The number of nitrogens with zero attached hydrogens (tertiary/aromatic N) is 3. The highest BCUT2D eigenvalue weighted by molar-refractivity contribution is 8.26. The lowest BCUT2D eigenvalue weighted by atomic mass is 10.2. The van der Waals surface area contributed by atoms with E-state index in [2.05, 4.69) is 10.3 Å². The predicted molar refractivity (Wildman–Crippen MR) is 113 cm³/mol. The molecule has 142 valence electrons. The van der Waals surface area contributed by atoms with Crippen LogP contribution in [0.1, 0.15) is 16.9 Å². The third-order valence-electron chi connectivity index (χ3n) is 4.36. The van der Waals surface area contributed by atoms with Crippen molar-refractivity contribution in [2.45, 2.75) is 13.5 Å². The first-order valence-electron chi connectivity index (χ1n) is 8.45. The molecule has 0 bridgehead atoms. The van der Waals surface area contributed by atoms with Crippen LogP contribution in [0.25, 0.3) is 11.7 Å². The van der Waals surface area contributed by atoms with E-state index in [1.165, 1.54) is 21.1 Å². The quantitative estimate of drug-likeness (QED) is 0.521. The number of hydrogen-bond acceptors (Lipinski definition) is 7. The van der Waals surface area contributed by atoms with Gasteiger partial charge in [-0.25, -0.2) is 4.98 Å². The molecule has 0 unspecified atom stereocenters. The van der Waals surface area contributed by atoms with Crippen LogP contribution >= 0.6 is 24.0 Å². The predicted octanol–water partition coefficient (Wildman–Crippen LogP) is 3.04. The average Bonchev–Trinajstić information content (AvgIpc) is 3.28. The van der Waals surface area contributed by atoms with E-state index in [0.29, 0.717) is 38.6 Å². The molecule has 1 N–H and O–H groups in total. The van der Waals surface area contributed by atoms with Crippen molar-refractivity contribution in [2.24, 2.45) is 0 Å². The average molecular weight is 412 g/mol.